The molecule has 1 aromatic rings. The highest BCUT2D eigenvalue weighted by molar-refractivity contribution is 5.36. The van der Waals surface area contributed by atoms with Gasteiger partial charge in [-0.3, -0.25) is 4.90 Å². The van der Waals surface area contributed by atoms with E-state index in [1.54, 1.807) is 7.11 Å². The van der Waals surface area contributed by atoms with E-state index in [4.69, 9.17) is 4.74 Å². The van der Waals surface area contributed by atoms with E-state index in [2.05, 4.69) is 41.2 Å². The van der Waals surface area contributed by atoms with Crippen molar-refractivity contribution >= 4 is 0 Å². The molecule has 2 atom stereocenters. The fraction of sp³-hybridized carbons (Fsp3) is 0.625. The molecule has 0 saturated carbocycles. The van der Waals surface area contributed by atoms with E-state index in [0.29, 0.717) is 12.1 Å². The minimum absolute atomic E-state index is 0.307. The van der Waals surface area contributed by atoms with E-state index in [1.807, 2.05) is 19.2 Å². The van der Waals surface area contributed by atoms with Crippen LogP contribution >= 0.6 is 0 Å². The van der Waals surface area contributed by atoms with Crippen molar-refractivity contribution in [2.75, 3.05) is 47.4 Å². The monoisotopic (exact) mass is 277 g/mol. The zero-order valence-electron chi connectivity index (χ0n) is 13.1. The van der Waals surface area contributed by atoms with E-state index in [1.165, 1.54) is 5.56 Å². The van der Waals surface area contributed by atoms with E-state index < -0.39 is 0 Å². The Bertz CT molecular complexity index is 424. The summed E-state index contributed by atoms with van der Waals surface area (Å²) in [5.41, 5.74) is 1.24. The Morgan fingerprint density at radius 2 is 2.10 bits per heavy atom. The molecular formula is C16H27N3O. The quantitative estimate of drug-likeness (QED) is 0.884. The largest absolute Gasteiger partial charge is 0.496 e. The number of hydrogen-bond donors (Lipinski definition) is 1. The second kappa shape index (κ2) is 7.07. The lowest BCUT2D eigenvalue weighted by Gasteiger charge is -2.39. The molecule has 1 saturated heterocycles. The average Bonchev–Trinajstić information content (AvgIpc) is 2.48. The Kier molecular flexibility index (Phi) is 5.40. The lowest BCUT2D eigenvalue weighted by molar-refractivity contribution is 0.0974. The van der Waals surface area contributed by atoms with Crippen LogP contribution in [0.25, 0.3) is 0 Å². The number of para-hydroxylation sites is 1. The number of nitrogens with one attached hydrogen (secondary N) is 1. The normalized spacial score (nSPS) is 22.7. The molecule has 1 aromatic carbocycles. The SMILES string of the molecule is CNC(CN1CCN(C)C(C)C1)c1ccccc1OC. The zero-order chi connectivity index (χ0) is 14.5. The topological polar surface area (TPSA) is 27.7 Å². The van der Waals surface area contributed by atoms with Gasteiger partial charge in [0, 0.05) is 43.8 Å². The van der Waals surface area contributed by atoms with Gasteiger partial charge in [-0.1, -0.05) is 18.2 Å². The molecule has 112 valence electrons. The van der Waals surface area contributed by atoms with Crippen LogP contribution in [0.2, 0.25) is 0 Å². The van der Waals surface area contributed by atoms with Crippen LogP contribution in [-0.2, 0) is 0 Å². The first-order chi connectivity index (χ1) is 9.65. The number of ether oxygens (including phenoxy) is 1. The molecule has 0 amide bonds. The van der Waals surface area contributed by atoms with Crippen LogP contribution in [-0.4, -0.2) is 63.2 Å². The molecule has 2 unspecified atom stereocenters. The second-order valence-electron chi connectivity index (χ2n) is 5.67. The molecule has 0 radical (unpaired) electrons. The van der Waals surface area contributed by atoms with Crippen LogP contribution in [0.3, 0.4) is 0 Å². The smallest absolute Gasteiger partial charge is 0.123 e. The van der Waals surface area contributed by atoms with Crippen molar-refractivity contribution in [3.63, 3.8) is 0 Å². The summed E-state index contributed by atoms with van der Waals surface area (Å²) in [5, 5.41) is 3.43. The maximum atomic E-state index is 5.49. The third-order valence-electron chi connectivity index (χ3n) is 4.35. The van der Waals surface area contributed by atoms with Gasteiger partial charge in [-0.15, -0.1) is 0 Å². The minimum atomic E-state index is 0.307. The molecule has 0 bridgehead atoms. The summed E-state index contributed by atoms with van der Waals surface area (Å²) in [5.74, 6) is 0.967. The van der Waals surface area contributed by atoms with E-state index in [-0.39, 0.29) is 0 Å². The molecular weight excluding hydrogens is 250 g/mol. The average molecular weight is 277 g/mol. The fourth-order valence-electron chi connectivity index (χ4n) is 2.85. The minimum Gasteiger partial charge on any atom is -0.496 e. The van der Waals surface area contributed by atoms with Crippen LogP contribution in [0.5, 0.6) is 5.75 Å². The number of likely N-dealkylation sites (N-methyl/N-ethyl adjacent to an activating group) is 2. The van der Waals surface area contributed by atoms with Gasteiger partial charge in [0.05, 0.1) is 7.11 Å². The van der Waals surface area contributed by atoms with Gasteiger partial charge in [0.25, 0.3) is 0 Å². The second-order valence-corrected chi connectivity index (χ2v) is 5.67. The third-order valence-corrected chi connectivity index (χ3v) is 4.35. The van der Waals surface area contributed by atoms with Crippen molar-refractivity contribution < 1.29 is 4.74 Å². The van der Waals surface area contributed by atoms with E-state index in [0.717, 1.165) is 31.9 Å². The summed E-state index contributed by atoms with van der Waals surface area (Å²) in [6.45, 7) is 6.72. The van der Waals surface area contributed by atoms with Crippen molar-refractivity contribution in [2.24, 2.45) is 0 Å². The highest BCUT2D eigenvalue weighted by atomic mass is 16.5. The van der Waals surface area contributed by atoms with E-state index >= 15 is 0 Å². The molecule has 1 heterocycles. The highest BCUT2D eigenvalue weighted by Gasteiger charge is 2.24. The number of nitrogens with zero attached hydrogens (tertiary/aromatic N) is 2. The maximum absolute atomic E-state index is 5.49. The van der Waals surface area contributed by atoms with E-state index in [9.17, 15) is 0 Å². The van der Waals surface area contributed by atoms with Gasteiger partial charge in [-0.2, -0.15) is 0 Å². The zero-order valence-corrected chi connectivity index (χ0v) is 13.1. The van der Waals surface area contributed by atoms with Crippen LogP contribution in [0.15, 0.2) is 24.3 Å². The molecule has 1 aliphatic rings. The Labute approximate surface area is 122 Å². The Hall–Kier alpha value is -1.10. The van der Waals surface area contributed by atoms with Crippen molar-refractivity contribution in [1.82, 2.24) is 15.1 Å². The number of methoxy groups -OCH3 is 1. The van der Waals surface area contributed by atoms with Crippen LogP contribution in [0.1, 0.15) is 18.5 Å². The van der Waals surface area contributed by atoms with Gasteiger partial charge in [-0.25, -0.2) is 0 Å². The summed E-state index contributed by atoms with van der Waals surface area (Å²) >= 11 is 0. The summed E-state index contributed by atoms with van der Waals surface area (Å²) in [6, 6.07) is 9.22. The number of piperazine rings is 1. The van der Waals surface area contributed by atoms with Gasteiger partial charge in [0.1, 0.15) is 5.75 Å². The lowest BCUT2D eigenvalue weighted by atomic mass is 10.0. The van der Waals surface area contributed by atoms with Crippen molar-refractivity contribution in [1.29, 1.82) is 0 Å². The number of hydrogen-bond acceptors (Lipinski definition) is 4. The molecule has 0 aliphatic carbocycles. The lowest BCUT2D eigenvalue weighted by Crippen LogP contribution is -2.51. The fourth-order valence-corrected chi connectivity index (χ4v) is 2.85. The van der Waals surface area contributed by atoms with Gasteiger partial charge in [0.2, 0.25) is 0 Å². The first-order valence-corrected chi connectivity index (χ1v) is 7.38. The predicted molar refractivity (Wildman–Crippen MR) is 83.3 cm³/mol. The third kappa shape index (κ3) is 3.51. The van der Waals surface area contributed by atoms with Gasteiger partial charge < -0.3 is 15.0 Å². The molecule has 2 rings (SSSR count). The Balaban J connectivity index is 2.05. The first kappa shape index (κ1) is 15.3. The molecule has 1 fully saturated rings. The summed E-state index contributed by atoms with van der Waals surface area (Å²) < 4.78 is 5.49. The molecule has 0 spiro atoms. The molecule has 4 nitrogen and oxygen atoms in total. The summed E-state index contributed by atoms with van der Waals surface area (Å²) in [4.78, 5) is 4.96. The van der Waals surface area contributed by atoms with Crippen LogP contribution in [0, 0.1) is 0 Å². The predicted octanol–water partition coefficient (Wildman–Crippen LogP) is 1.59. The summed E-state index contributed by atoms with van der Waals surface area (Å²) in [6.07, 6.45) is 0. The van der Waals surface area contributed by atoms with Gasteiger partial charge in [-0.05, 0) is 27.1 Å². The molecule has 1 aliphatic heterocycles. The maximum Gasteiger partial charge on any atom is 0.123 e. The Morgan fingerprint density at radius 3 is 2.75 bits per heavy atom. The first-order valence-electron chi connectivity index (χ1n) is 7.38. The van der Waals surface area contributed by atoms with Gasteiger partial charge in [0.15, 0.2) is 0 Å². The standard InChI is InChI=1S/C16H27N3O/c1-13-11-19(10-9-18(13)3)12-15(17-2)14-7-5-6-8-16(14)20-4/h5-8,13,15,17H,9-12H2,1-4H3. The van der Waals surface area contributed by atoms with Crippen molar-refractivity contribution in [3.05, 3.63) is 29.8 Å². The number of benzene rings is 1. The molecule has 20 heavy (non-hydrogen) atoms. The van der Waals surface area contributed by atoms with Crippen molar-refractivity contribution in [3.8, 4) is 5.75 Å². The molecule has 4 heteroatoms. The van der Waals surface area contributed by atoms with Crippen LogP contribution < -0.4 is 10.1 Å². The van der Waals surface area contributed by atoms with Crippen LogP contribution in [0.4, 0.5) is 0 Å². The Morgan fingerprint density at radius 1 is 1.35 bits per heavy atom. The summed E-state index contributed by atoms with van der Waals surface area (Å²) in [7, 11) is 5.97. The molecule has 1 N–H and O–H groups in total. The highest BCUT2D eigenvalue weighted by Crippen LogP contribution is 2.25. The van der Waals surface area contributed by atoms with Gasteiger partial charge >= 0.3 is 0 Å². The molecule has 0 aromatic heterocycles. The van der Waals surface area contributed by atoms with Crippen molar-refractivity contribution in [2.45, 2.75) is 19.0 Å². The number of rotatable bonds is 5.